The number of hydrogen-bond acceptors (Lipinski definition) is 4. The smallest absolute Gasteiger partial charge is 0.325 e. The summed E-state index contributed by atoms with van der Waals surface area (Å²) in [6, 6.07) is 14.6. The number of benzene rings is 2. The molecule has 0 aliphatic carbocycles. The van der Waals surface area contributed by atoms with Crippen molar-refractivity contribution in [1.29, 1.82) is 0 Å². The normalized spacial score (nSPS) is 18.7. The Morgan fingerprint density at radius 2 is 1.83 bits per heavy atom. The molecule has 7 heteroatoms. The van der Waals surface area contributed by atoms with E-state index in [0.29, 0.717) is 23.6 Å². The second kappa shape index (κ2) is 8.10. The van der Waals surface area contributed by atoms with Crippen molar-refractivity contribution in [2.75, 3.05) is 0 Å². The third-order valence-corrected chi connectivity index (χ3v) is 5.31. The van der Waals surface area contributed by atoms with Gasteiger partial charge >= 0.3 is 6.03 Å². The first-order valence-electron chi connectivity index (χ1n) is 9.93. The van der Waals surface area contributed by atoms with Crippen molar-refractivity contribution < 1.29 is 18.4 Å². The lowest BCUT2D eigenvalue weighted by molar-refractivity contribution is -0.132. The average Bonchev–Trinajstić information content (AvgIpc) is 3.33. The molecule has 1 atom stereocenters. The van der Waals surface area contributed by atoms with Gasteiger partial charge in [0.25, 0.3) is 5.91 Å². The summed E-state index contributed by atoms with van der Waals surface area (Å²) in [5, 5.41) is 2.85. The number of urea groups is 1. The maximum atomic E-state index is 13.4. The third-order valence-electron chi connectivity index (χ3n) is 5.31. The number of hydrogen-bond donors (Lipinski definition) is 1. The van der Waals surface area contributed by atoms with Gasteiger partial charge in [-0.1, -0.05) is 50.1 Å². The van der Waals surface area contributed by atoms with Gasteiger partial charge in [0.15, 0.2) is 0 Å². The van der Waals surface area contributed by atoms with E-state index in [9.17, 15) is 14.0 Å². The molecular formula is C23H22FN3O3. The molecule has 154 valence electrons. The highest BCUT2D eigenvalue weighted by atomic mass is 19.1. The molecule has 1 unspecified atom stereocenters. The van der Waals surface area contributed by atoms with Gasteiger partial charge in [-0.25, -0.2) is 14.2 Å². The Morgan fingerprint density at radius 3 is 2.53 bits per heavy atom. The van der Waals surface area contributed by atoms with Gasteiger partial charge in [0.05, 0.1) is 12.2 Å². The Balaban J connectivity index is 1.60. The minimum Gasteiger partial charge on any atom is -0.444 e. The highest BCUT2D eigenvalue weighted by Gasteiger charge is 2.52. The molecule has 1 aliphatic heterocycles. The lowest BCUT2D eigenvalue weighted by atomic mass is 9.85. The highest BCUT2D eigenvalue weighted by molar-refractivity contribution is 6.07. The molecule has 0 spiro atoms. The van der Waals surface area contributed by atoms with E-state index in [4.69, 9.17) is 4.42 Å². The molecule has 1 N–H and O–H groups in total. The van der Waals surface area contributed by atoms with Crippen LogP contribution in [0.15, 0.2) is 65.3 Å². The van der Waals surface area contributed by atoms with Crippen molar-refractivity contribution in [1.82, 2.24) is 15.2 Å². The molecule has 2 heterocycles. The number of halogens is 1. The van der Waals surface area contributed by atoms with Crippen LogP contribution in [0, 0.1) is 5.82 Å². The second-order valence-electron chi connectivity index (χ2n) is 7.35. The van der Waals surface area contributed by atoms with Gasteiger partial charge in [0, 0.05) is 5.56 Å². The van der Waals surface area contributed by atoms with Crippen molar-refractivity contribution >= 4 is 11.9 Å². The fraction of sp³-hybridized carbons (Fsp3) is 0.261. The van der Waals surface area contributed by atoms with Crippen LogP contribution >= 0.6 is 0 Å². The summed E-state index contributed by atoms with van der Waals surface area (Å²) in [7, 11) is 0. The van der Waals surface area contributed by atoms with Crippen LogP contribution in [0.1, 0.15) is 37.4 Å². The zero-order valence-electron chi connectivity index (χ0n) is 16.6. The zero-order chi connectivity index (χ0) is 21.1. The topological polar surface area (TPSA) is 75.4 Å². The summed E-state index contributed by atoms with van der Waals surface area (Å²) >= 11 is 0. The standard InChI is InChI=1S/C23H22FN3O3/c1-2-3-13-23(17-9-11-18(24)12-10-17)21(28)27(22(29)26-23)14-19-15-30-20(25-19)16-7-5-4-6-8-16/h4-12,15H,2-3,13-14H2,1H3,(H,26,29). The molecule has 0 radical (unpaired) electrons. The minimum absolute atomic E-state index is 0.00390. The van der Waals surface area contributed by atoms with Crippen LogP contribution in [0.2, 0.25) is 0 Å². The fourth-order valence-corrected chi connectivity index (χ4v) is 3.71. The molecule has 1 aliphatic rings. The van der Waals surface area contributed by atoms with Crippen molar-refractivity contribution in [3.63, 3.8) is 0 Å². The first-order chi connectivity index (χ1) is 14.5. The van der Waals surface area contributed by atoms with Crippen LogP contribution in [0.25, 0.3) is 11.5 Å². The summed E-state index contributed by atoms with van der Waals surface area (Å²) in [4.78, 5) is 31.7. The Bertz CT molecular complexity index is 1050. The second-order valence-corrected chi connectivity index (χ2v) is 7.35. The number of carbonyl (C=O) groups excluding carboxylic acids is 2. The van der Waals surface area contributed by atoms with Crippen LogP contribution < -0.4 is 5.32 Å². The summed E-state index contributed by atoms with van der Waals surface area (Å²) in [6.45, 7) is 2.01. The Hall–Kier alpha value is -3.48. The molecule has 0 bridgehead atoms. The van der Waals surface area contributed by atoms with Crippen LogP contribution in [0.5, 0.6) is 0 Å². The SMILES string of the molecule is CCCCC1(c2ccc(F)cc2)NC(=O)N(Cc2coc(-c3ccccc3)n2)C1=O. The Labute approximate surface area is 173 Å². The minimum atomic E-state index is -1.20. The van der Waals surface area contributed by atoms with E-state index in [1.54, 1.807) is 12.1 Å². The molecule has 6 nitrogen and oxygen atoms in total. The van der Waals surface area contributed by atoms with Gasteiger partial charge in [-0.15, -0.1) is 0 Å². The summed E-state index contributed by atoms with van der Waals surface area (Å²) in [5.41, 5.74) is 0.655. The number of aromatic nitrogens is 1. The van der Waals surface area contributed by atoms with Gasteiger partial charge < -0.3 is 9.73 Å². The van der Waals surface area contributed by atoms with E-state index in [1.165, 1.54) is 18.4 Å². The summed E-state index contributed by atoms with van der Waals surface area (Å²) < 4.78 is 19.0. The predicted octanol–water partition coefficient (Wildman–Crippen LogP) is 4.62. The molecule has 1 saturated heterocycles. The lowest BCUT2D eigenvalue weighted by Gasteiger charge is -2.27. The molecule has 3 aromatic rings. The molecule has 4 rings (SSSR count). The molecule has 3 amide bonds. The monoisotopic (exact) mass is 407 g/mol. The maximum Gasteiger partial charge on any atom is 0.325 e. The number of rotatable bonds is 7. The number of unbranched alkanes of at least 4 members (excludes halogenated alkanes) is 1. The van der Waals surface area contributed by atoms with Gasteiger partial charge in [-0.05, 0) is 36.2 Å². The van der Waals surface area contributed by atoms with E-state index in [0.717, 1.165) is 23.3 Å². The maximum absolute atomic E-state index is 13.4. The fourth-order valence-electron chi connectivity index (χ4n) is 3.71. The lowest BCUT2D eigenvalue weighted by Crippen LogP contribution is -2.44. The average molecular weight is 407 g/mol. The molecule has 0 saturated carbocycles. The molecule has 2 aromatic carbocycles. The van der Waals surface area contributed by atoms with E-state index in [1.807, 2.05) is 37.3 Å². The quantitative estimate of drug-likeness (QED) is 0.580. The highest BCUT2D eigenvalue weighted by Crippen LogP contribution is 2.35. The van der Waals surface area contributed by atoms with E-state index < -0.39 is 17.4 Å². The first-order valence-corrected chi connectivity index (χ1v) is 9.93. The predicted molar refractivity (Wildman–Crippen MR) is 109 cm³/mol. The summed E-state index contributed by atoms with van der Waals surface area (Å²) in [5.74, 6) is -0.334. The Morgan fingerprint density at radius 1 is 1.10 bits per heavy atom. The third kappa shape index (κ3) is 3.58. The number of nitrogens with one attached hydrogen (secondary N) is 1. The van der Waals surface area contributed by atoms with Crippen LogP contribution in [0.3, 0.4) is 0 Å². The van der Waals surface area contributed by atoms with E-state index in [-0.39, 0.29) is 12.5 Å². The molecule has 1 aromatic heterocycles. The van der Waals surface area contributed by atoms with Crippen molar-refractivity contribution in [3.8, 4) is 11.5 Å². The van der Waals surface area contributed by atoms with Crippen molar-refractivity contribution in [3.05, 3.63) is 77.9 Å². The van der Waals surface area contributed by atoms with Crippen molar-refractivity contribution in [2.45, 2.75) is 38.3 Å². The van der Waals surface area contributed by atoms with Crippen LogP contribution in [-0.4, -0.2) is 21.8 Å². The number of nitrogens with zero attached hydrogens (tertiary/aromatic N) is 2. The molecular weight excluding hydrogens is 385 g/mol. The van der Waals surface area contributed by atoms with Crippen LogP contribution in [0.4, 0.5) is 9.18 Å². The summed E-state index contributed by atoms with van der Waals surface area (Å²) in [6.07, 6.45) is 3.48. The zero-order valence-corrected chi connectivity index (χ0v) is 16.6. The number of oxazole rings is 1. The number of imide groups is 1. The number of amides is 3. The van der Waals surface area contributed by atoms with Gasteiger partial charge in [-0.2, -0.15) is 0 Å². The van der Waals surface area contributed by atoms with Gasteiger partial charge in [0.1, 0.15) is 17.6 Å². The molecule has 1 fully saturated rings. The largest absolute Gasteiger partial charge is 0.444 e. The van der Waals surface area contributed by atoms with Gasteiger partial charge in [-0.3, -0.25) is 9.69 Å². The van der Waals surface area contributed by atoms with Crippen molar-refractivity contribution in [2.24, 2.45) is 0 Å². The van der Waals surface area contributed by atoms with E-state index >= 15 is 0 Å². The number of carbonyl (C=O) groups is 2. The van der Waals surface area contributed by atoms with Crippen LogP contribution in [-0.2, 0) is 16.9 Å². The molecule has 30 heavy (non-hydrogen) atoms. The van der Waals surface area contributed by atoms with Gasteiger partial charge in [0.2, 0.25) is 5.89 Å². The van der Waals surface area contributed by atoms with E-state index in [2.05, 4.69) is 10.3 Å². The first kappa shape index (κ1) is 19.8. The Kier molecular flexibility index (Phi) is 5.35.